The molecular formula is C16H16ClFN2. The van der Waals surface area contributed by atoms with Crippen LogP contribution in [-0.2, 0) is 0 Å². The lowest BCUT2D eigenvalue weighted by Gasteiger charge is -2.22. The Morgan fingerprint density at radius 2 is 1.95 bits per heavy atom. The van der Waals surface area contributed by atoms with Gasteiger partial charge in [0, 0.05) is 6.20 Å². The van der Waals surface area contributed by atoms with E-state index in [1.165, 1.54) is 25.0 Å². The predicted molar refractivity (Wildman–Crippen MR) is 79.5 cm³/mol. The van der Waals surface area contributed by atoms with Gasteiger partial charge < -0.3 is 5.32 Å². The van der Waals surface area contributed by atoms with Gasteiger partial charge in [0.2, 0.25) is 0 Å². The van der Waals surface area contributed by atoms with E-state index in [0.29, 0.717) is 11.1 Å². The third-order valence-corrected chi connectivity index (χ3v) is 4.02. The highest BCUT2D eigenvalue weighted by molar-refractivity contribution is 6.32. The molecule has 1 aromatic heterocycles. The number of rotatable bonds is 4. The van der Waals surface area contributed by atoms with Crippen molar-refractivity contribution in [1.29, 1.82) is 0 Å². The van der Waals surface area contributed by atoms with Gasteiger partial charge in [-0.3, -0.25) is 0 Å². The van der Waals surface area contributed by atoms with Gasteiger partial charge in [0.05, 0.1) is 11.7 Å². The molecule has 20 heavy (non-hydrogen) atoms. The molecule has 4 heteroatoms. The molecule has 0 bridgehead atoms. The molecule has 1 N–H and O–H groups in total. The molecule has 0 amide bonds. The molecule has 2 aromatic rings. The average Bonchev–Trinajstić information content (AvgIpc) is 3.24. The van der Waals surface area contributed by atoms with E-state index in [-0.39, 0.29) is 11.9 Å². The van der Waals surface area contributed by atoms with Crippen LogP contribution in [0.4, 0.5) is 10.1 Å². The quantitative estimate of drug-likeness (QED) is 0.822. The lowest BCUT2D eigenvalue weighted by Crippen LogP contribution is -2.14. The van der Waals surface area contributed by atoms with Gasteiger partial charge in [-0.1, -0.05) is 23.7 Å². The first-order chi connectivity index (χ1) is 9.65. The van der Waals surface area contributed by atoms with E-state index in [1.54, 1.807) is 6.20 Å². The second kappa shape index (κ2) is 5.41. The Morgan fingerprint density at radius 3 is 2.55 bits per heavy atom. The zero-order valence-corrected chi connectivity index (χ0v) is 12.0. The molecule has 1 aromatic carbocycles. The molecule has 1 saturated carbocycles. The maximum atomic E-state index is 13.1. The van der Waals surface area contributed by atoms with Crippen molar-refractivity contribution >= 4 is 17.3 Å². The van der Waals surface area contributed by atoms with Crippen molar-refractivity contribution < 1.29 is 4.39 Å². The summed E-state index contributed by atoms with van der Waals surface area (Å²) in [5.41, 5.74) is 3.03. The molecule has 1 fully saturated rings. The van der Waals surface area contributed by atoms with E-state index in [4.69, 9.17) is 11.6 Å². The topological polar surface area (TPSA) is 24.9 Å². The third kappa shape index (κ3) is 2.78. The van der Waals surface area contributed by atoms with Crippen LogP contribution in [0.25, 0.3) is 0 Å². The van der Waals surface area contributed by atoms with Crippen LogP contribution in [0.3, 0.4) is 0 Å². The Bertz CT molecular complexity index is 588. The van der Waals surface area contributed by atoms with Gasteiger partial charge in [-0.15, -0.1) is 0 Å². The summed E-state index contributed by atoms with van der Waals surface area (Å²) in [4.78, 5) is 4.12. The summed E-state index contributed by atoms with van der Waals surface area (Å²) in [6.45, 7) is 2.00. The first-order valence-electron chi connectivity index (χ1n) is 6.78. The van der Waals surface area contributed by atoms with Gasteiger partial charge in [0.25, 0.3) is 0 Å². The number of aromatic nitrogens is 1. The van der Waals surface area contributed by atoms with Crippen LogP contribution in [-0.4, -0.2) is 4.98 Å². The molecule has 1 heterocycles. The standard InChI is InChI=1S/C16H16ClFN2/c1-10-8-9-19-16(17)14(10)20-15(11-2-3-11)12-4-6-13(18)7-5-12/h4-9,11,15,20H,2-3H2,1H3. The number of halogens is 2. The number of benzene rings is 1. The molecule has 1 atom stereocenters. The summed E-state index contributed by atoms with van der Waals surface area (Å²) >= 11 is 6.18. The summed E-state index contributed by atoms with van der Waals surface area (Å²) in [6, 6.07) is 8.78. The van der Waals surface area contributed by atoms with Crippen molar-refractivity contribution in [2.75, 3.05) is 5.32 Å². The molecule has 0 saturated heterocycles. The number of nitrogens with one attached hydrogen (secondary N) is 1. The minimum Gasteiger partial charge on any atom is -0.375 e. The first-order valence-corrected chi connectivity index (χ1v) is 7.16. The van der Waals surface area contributed by atoms with Crippen LogP contribution in [0.5, 0.6) is 0 Å². The Kier molecular flexibility index (Phi) is 3.62. The number of hydrogen-bond donors (Lipinski definition) is 1. The summed E-state index contributed by atoms with van der Waals surface area (Å²) < 4.78 is 13.1. The highest BCUT2D eigenvalue weighted by Crippen LogP contribution is 2.43. The molecule has 104 valence electrons. The Morgan fingerprint density at radius 1 is 1.25 bits per heavy atom. The maximum Gasteiger partial charge on any atom is 0.152 e. The molecule has 1 unspecified atom stereocenters. The van der Waals surface area contributed by atoms with Crippen LogP contribution in [0.2, 0.25) is 5.15 Å². The number of pyridine rings is 1. The summed E-state index contributed by atoms with van der Waals surface area (Å²) in [5.74, 6) is 0.370. The van der Waals surface area contributed by atoms with Gasteiger partial charge in [-0.2, -0.15) is 0 Å². The van der Waals surface area contributed by atoms with Crippen molar-refractivity contribution in [3.8, 4) is 0 Å². The van der Waals surface area contributed by atoms with Crippen molar-refractivity contribution in [2.45, 2.75) is 25.8 Å². The monoisotopic (exact) mass is 290 g/mol. The smallest absolute Gasteiger partial charge is 0.152 e. The molecule has 0 aliphatic heterocycles. The predicted octanol–water partition coefficient (Wildman–Crippen LogP) is 4.75. The maximum absolute atomic E-state index is 13.1. The van der Waals surface area contributed by atoms with Gasteiger partial charge in [-0.05, 0) is 55.0 Å². The summed E-state index contributed by atoms with van der Waals surface area (Å²) in [6.07, 6.45) is 4.07. The average molecular weight is 291 g/mol. The van der Waals surface area contributed by atoms with Gasteiger partial charge in [0.15, 0.2) is 5.15 Å². The molecule has 2 nitrogen and oxygen atoms in total. The van der Waals surface area contributed by atoms with E-state index in [9.17, 15) is 4.39 Å². The van der Waals surface area contributed by atoms with Gasteiger partial charge in [0.1, 0.15) is 5.82 Å². The number of hydrogen-bond acceptors (Lipinski definition) is 2. The van der Waals surface area contributed by atoms with Gasteiger partial charge >= 0.3 is 0 Å². The van der Waals surface area contributed by atoms with E-state index >= 15 is 0 Å². The van der Waals surface area contributed by atoms with Crippen molar-refractivity contribution in [3.63, 3.8) is 0 Å². The molecule has 1 aliphatic carbocycles. The second-order valence-corrected chi connectivity index (χ2v) is 5.66. The number of anilines is 1. The Labute approximate surface area is 123 Å². The highest BCUT2D eigenvalue weighted by atomic mass is 35.5. The highest BCUT2D eigenvalue weighted by Gasteiger charge is 2.33. The minimum atomic E-state index is -0.209. The molecule has 0 spiro atoms. The second-order valence-electron chi connectivity index (χ2n) is 5.30. The zero-order valence-electron chi connectivity index (χ0n) is 11.2. The number of nitrogens with zero attached hydrogens (tertiary/aromatic N) is 1. The van der Waals surface area contributed by atoms with Crippen molar-refractivity contribution in [2.24, 2.45) is 5.92 Å². The third-order valence-electron chi connectivity index (χ3n) is 3.74. The van der Waals surface area contributed by atoms with Crippen LogP contribution >= 0.6 is 11.6 Å². The van der Waals surface area contributed by atoms with E-state index in [2.05, 4.69) is 10.3 Å². The lowest BCUT2D eigenvalue weighted by molar-refractivity contribution is 0.622. The fraction of sp³-hybridized carbons (Fsp3) is 0.312. The summed E-state index contributed by atoms with van der Waals surface area (Å²) in [5, 5.41) is 3.98. The van der Waals surface area contributed by atoms with E-state index < -0.39 is 0 Å². The van der Waals surface area contributed by atoms with E-state index in [1.807, 2.05) is 25.1 Å². The van der Waals surface area contributed by atoms with Crippen LogP contribution in [0, 0.1) is 18.7 Å². The largest absolute Gasteiger partial charge is 0.375 e. The number of aryl methyl sites for hydroxylation is 1. The molecule has 1 aliphatic rings. The first kappa shape index (κ1) is 13.4. The SMILES string of the molecule is Cc1ccnc(Cl)c1NC(c1ccc(F)cc1)C1CC1. The lowest BCUT2D eigenvalue weighted by atomic mass is 10.0. The fourth-order valence-corrected chi connectivity index (χ4v) is 2.69. The van der Waals surface area contributed by atoms with Crippen LogP contribution in [0.1, 0.15) is 30.0 Å². The van der Waals surface area contributed by atoms with Gasteiger partial charge in [-0.25, -0.2) is 9.37 Å². The normalized spacial score (nSPS) is 15.9. The Hall–Kier alpha value is -1.61. The fourth-order valence-electron chi connectivity index (χ4n) is 2.43. The van der Waals surface area contributed by atoms with Crippen molar-refractivity contribution in [1.82, 2.24) is 4.98 Å². The van der Waals surface area contributed by atoms with E-state index in [0.717, 1.165) is 16.8 Å². The Balaban J connectivity index is 1.90. The van der Waals surface area contributed by atoms with Crippen molar-refractivity contribution in [3.05, 3.63) is 58.6 Å². The van der Waals surface area contributed by atoms with Crippen LogP contribution in [0.15, 0.2) is 36.5 Å². The van der Waals surface area contributed by atoms with Crippen LogP contribution < -0.4 is 5.32 Å². The molecule has 0 radical (unpaired) electrons. The molecular weight excluding hydrogens is 275 g/mol. The molecule has 3 rings (SSSR count). The minimum absolute atomic E-state index is 0.163. The zero-order chi connectivity index (χ0) is 14.1. The summed E-state index contributed by atoms with van der Waals surface area (Å²) in [7, 11) is 0.